The maximum atomic E-state index is 12.7. The maximum Gasteiger partial charge on any atom is 0.270 e. The lowest BCUT2D eigenvalue weighted by atomic mass is 10.1. The van der Waals surface area contributed by atoms with E-state index in [9.17, 15) is 4.79 Å². The second kappa shape index (κ2) is 12.9. The molecule has 1 amide bonds. The predicted molar refractivity (Wildman–Crippen MR) is 157 cm³/mol. The molecule has 0 unspecified atom stereocenters. The van der Waals surface area contributed by atoms with Crippen molar-refractivity contribution in [2.75, 3.05) is 20.8 Å². The Balaban J connectivity index is 1.24. The first-order chi connectivity index (χ1) is 19.6. The van der Waals surface area contributed by atoms with Crippen LogP contribution in [-0.2, 0) is 12.2 Å². The number of carbonyl (C=O) groups excluding carboxylic acids is 1. The molecule has 0 radical (unpaired) electrons. The predicted octanol–water partition coefficient (Wildman–Crippen LogP) is 5.72. The summed E-state index contributed by atoms with van der Waals surface area (Å²) in [5, 5.41) is 15.7. The molecule has 0 aliphatic heterocycles. The number of nitrogens with zero attached hydrogens (tertiary/aromatic N) is 5. The molecule has 5 aromatic rings. The van der Waals surface area contributed by atoms with Gasteiger partial charge in [0.05, 0.1) is 25.7 Å². The van der Waals surface area contributed by atoms with Crippen LogP contribution in [0.2, 0.25) is 5.02 Å². The molecule has 0 fully saturated rings. The van der Waals surface area contributed by atoms with Gasteiger partial charge in [0.15, 0.2) is 22.5 Å². The van der Waals surface area contributed by atoms with E-state index in [2.05, 4.69) is 25.5 Å². The Labute approximate surface area is 244 Å². The van der Waals surface area contributed by atoms with E-state index in [0.29, 0.717) is 51.9 Å². The molecular formula is C28H25ClN6O3S2. The van der Waals surface area contributed by atoms with Gasteiger partial charge in [-0.05, 0) is 54.4 Å². The number of amides is 1. The molecule has 9 nitrogen and oxygen atoms in total. The van der Waals surface area contributed by atoms with Gasteiger partial charge < -0.3 is 14.8 Å². The quantitative estimate of drug-likeness (QED) is 0.194. The number of hydrogen-bond donors (Lipinski definition) is 1. The highest BCUT2D eigenvalue weighted by atomic mass is 35.5. The standard InChI is InChI=1S/C28H25ClN6O3S2/c1-37-23-7-6-18(14-24(23)38-2)8-13-31-27(36)22-16-39-25(32-22)17-40-28-34-33-26(19-9-11-30-12-10-19)35(28)21-5-3-4-20(29)15-21/h3-7,9-12,14-16H,8,13,17H2,1-2H3,(H,31,36). The van der Waals surface area contributed by atoms with Crippen LogP contribution in [0.25, 0.3) is 17.1 Å². The Morgan fingerprint density at radius 1 is 1.05 bits per heavy atom. The molecule has 0 saturated heterocycles. The minimum atomic E-state index is -0.213. The normalized spacial score (nSPS) is 10.9. The molecule has 2 aromatic carbocycles. The van der Waals surface area contributed by atoms with Gasteiger partial charge in [0.25, 0.3) is 5.91 Å². The highest BCUT2D eigenvalue weighted by Crippen LogP contribution is 2.31. The minimum absolute atomic E-state index is 0.213. The van der Waals surface area contributed by atoms with Gasteiger partial charge in [0.1, 0.15) is 10.7 Å². The fourth-order valence-electron chi connectivity index (χ4n) is 3.95. The molecule has 0 bridgehead atoms. The van der Waals surface area contributed by atoms with Gasteiger partial charge in [-0.15, -0.1) is 21.5 Å². The molecule has 0 spiro atoms. The summed E-state index contributed by atoms with van der Waals surface area (Å²) in [5.41, 5.74) is 3.15. The van der Waals surface area contributed by atoms with Crippen molar-refractivity contribution < 1.29 is 14.3 Å². The molecule has 3 aromatic heterocycles. The van der Waals surface area contributed by atoms with Crippen LogP contribution in [0.5, 0.6) is 11.5 Å². The topological polar surface area (TPSA) is 104 Å². The number of carbonyl (C=O) groups is 1. The van der Waals surface area contributed by atoms with E-state index in [-0.39, 0.29) is 5.91 Å². The first-order valence-electron chi connectivity index (χ1n) is 12.2. The van der Waals surface area contributed by atoms with Gasteiger partial charge in [0, 0.05) is 34.9 Å². The number of pyridine rings is 1. The number of benzene rings is 2. The van der Waals surface area contributed by atoms with E-state index in [1.807, 2.05) is 59.2 Å². The Hall–Kier alpha value is -3.93. The zero-order valence-corrected chi connectivity index (χ0v) is 24.1. The molecule has 3 heterocycles. The van der Waals surface area contributed by atoms with Crippen molar-refractivity contribution in [3.8, 4) is 28.6 Å². The summed E-state index contributed by atoms with van der Waals surface area (Å²) in [7, 11) is 3.20. The van der Waals surface area contributed by atoms with Gasteiger partial charge in [-0.1, -0.05) is 35.5 Å². The monoisotopic (exact) mass is 592 g/mol. The van der Waals surface area contributed by atoms with Crippen LogP contribution in [-0.4, -0.2) is 51.4 Å². The van der Waals surface area contributed by atoms with Gasteiger partial charge in [-0.2, -0.15) is 0 Å². The first-order valence-corrected chi connectivity index (χ1v) is 14.5. The molecule has 0 aliphatic carbocycles. The average Bonchev–Trinajstić information content (AvgIpc) is 3.64. The van der Waals surface area contributed by atoms with Crippen LogP contribution in [0.1, 0.15) is 21.1 Å². The van der Waals surface area contributed by atoms with Crippen molar-refractivity contribution in [3.05, 3.63) is 93.7 Å². The first kappa shape index (κ1) is 27.6. The third-order valence-electron chi connectivity index (χ3n) is 5.89. The van der Waals surface area contributed by atoms with Crippen molar-refractivity contribution >= 4 is 40.6 Å². The third-order valence-corrected chi connectivity index (χ3v) is 8.10. The van der Waals surface area contributed by atoms with Gasteiger partial charge >= 0.3 is 0 Å². The lowest BCUT2D eigenvalue weighted by molar-refractivity contribution is 0.0949. The zero-order chi connectivity index (χ0) is 27.9. The minimum Gasteiger partial charge on any atom is -0.493 e. The highest BCUT2D eigenvalue weighted by molar-refractivity contribution is 7.98. The molecule has 0 saturated carbocycles. The largest absolute Gasteiger partial charge is 0.493 e. The van der Waals surface area contributed by atoms with Crippen LogP contribution >= 0.6 is 34.7 Å². The van der Waals surface area contributed by atoms with E-state index in [1.54, 1.807) is 32.0 Å². The lowest BCUT2D eigenvalue weighted by Crippen LogP contribution is -2.26. The highest BCUT2D eigenvalue weighted by Gasteiger charge is 2.18. The number of halogens is 1. The van der Waals surface area contributed by atoms with E-state index in [1.165, 1.54) is 23.1 Å². The number of rotatable bonds is 11. The van der Waals surface area contributed by atoms with Crippen molar-refractivity contribution in [3.63, 3.8) is 0 Å². The number of thioether (sulfide) groups is 1. The molecular weight excluding hydrogens is 568 g/mol. The molecule has 1 N–H and O–H groups in total. The Morgan fingerprint density at radius 3 is 2.65 bits per heavy atom. The average molecular weight is 593 g/mol. The molecule has 5 rings (SSSR count). The van der Waals surface area contributed by atoms with Crippen molar-refractivity contribution in [1.29, 1.82) is 0 Å². The summed E-state index contributed by atoms with van der Waals surface area (Å²) in [4.78, 5) is 21.4. The number of ether oxygens (including phenoxy) is 2. The summed E-state index contributed by atoms with van der Waals surface area (Å²) in [6.07, 6.45) is 4.09. The van der Waals surface area contributed by atoms with Crippen molar-refractivity contribution in [2.45, 2.75) is 17.3 Å². The summed E-state index contributed by atoms with van der Waals surface area (Å²) in [6, 6.07) is 17.0. The van der Waals surface area contributed by atoms with E-state index >= 15 is 0 Å². The number of thiazole rings is 1. The smallest absolute Gasteiger partial charge is 0.270 e. The van der Waals surface area contributed by atoms with E-state index in [4.69, 9.17) is 21.1 Å². The molecule has 0 atom stereocenters. The number of methoxy groups -OCH3 is 2. The van der Waals surface area contributed by atoms with Gasteiger partial charge in [0.2, 0.25) is 0 Å². The molecule has 40 heavy (non-hydrogen) atoms. The Morgan fingerprint density at radius 2 is 1.88 bits per heavy atom. The van der Waals surface area contributed by atoms with E-state index < -0.39 is 0 Å². The summed E-state index contributed by atoms with van der Waals surface area (Å²) in [6.45, 7) is 0.469. The molecule has 204 valence electrons. The fourth-order valence-corrected chi connectivity index (χ4v) is 5.88. The van der Waals surface area contributed by atoms with Crippen LogP contribution < -0.4 is 14.8 Å². The van der Waals surface area contributed by atoms with Crippen molar-refractivity contribution in [2.24, 2.45) is 0 Å². The van der Waals surface area contributed by atoms with Gasteiger partial charge in [-0.3, -0.25) is 14.3 Å². The fraction of sp³-hybridized carbons (Fsp3) is 0.179. The zero-order valence-electron chi connectivity index (χ0n) is 21.7. The van der Waals surface area contributed by atoms with Crippen LogP contribution in [0, 0.1) is 0 Å². The second-order valence-electron chi connectivity index (χ2n) is 8.47. The van der Waals surface area contributed by atoms with Gasteiger partial charge in [-0.25, -0.2) is 4.98 Å². The van der Waals surface area contributed by atoms with Crippen LogP contribution in [0.15, 0.2) is 77.5 Å². The maximum absolute atomic E-state index is 12.7. The third kappa shape index (κ3) is 6.44. The second-order valence-corrected chi connectivity index (χ2v) is 10.8. The Bertz CT molecular complexity index is 1610. The lowest BCUT2D eigenvalue weighted by Gasteiger charge is -2.10. The number of aromatic nitrogens is 5. The van der Waals surface area contributed by atoms with Crippen molar-refractivity contribution in [1.82, 2.24) is 30.0 Å². The SMILES string of the molecule is COc1ccc(CCNC(=O)c2csc(CSc3nnc(-c4ccncc4)n3-c3cccc(Cl)c3)n2)cc1OC. The molecule has 0 aliphatic rings. The Kier molecular flexibility index (Phi) is 8.94. The van der Waals surface area contributed by atoms with E-state index in [0.717, 1.165) is 21.8 Å². The number of hydrogen-bond acceptors (Lipinski definition) is 9. The summed E-state index contributed by atoms with van der Waals surface area (Å²) >= 11 is 9.21. The van der Waals surface area contributed by atoms with Crippen LogP contribution in [0.3, 0.4) is 0 Å². The van der Waals surface area contributed by atoms with Crippen LogP contribution in [0.4, 0.5) is 0 Å². The number of nitrogens with one attached hydrogen (secondary N) is 1. The summed E-state index contributed by atoms with van der Waals surface area (Å²) in [5.74, 6) is 2.32. The summed E-state index contributed by atoms with van der Waals surface area (Å²) < 4.78 is 12.6. The molecule has 12 heteroatoms.